The summed E-state index contributed by atoms with van der Waals surface area (Å²) in [6.07, 6.45) is 6.73. The molecule has 2 aromatic heterocycles. The van der Waals surface area contributed by atoms with Crippen LogP contribution in [0.5, 0.6) is 0 Å². The normalized spacial score (nSPS) is 11.5. The minimum absolute atomic E-state index is 0.956. The molecule has 0 aliphatic heterocycles. The maximum atomic E-state index is 3.66. The van der Waals surface area contributed by atoms with Crippen molar-refractivity contribution in [1.29, 1.82) is 0 Å². The van der Waals surface area contributed by atoms with Crippen LogP contribution in [0.2, 0.25) is 0 Å². The van der Waals surface area contributed by atoms with Gasteiger partial charge >= 0.3 is 0 Å². The van der Waals surface area contributed by atoms with Crippen LogP contribution in [0.15, 0.2) is 54.7 Å². The molecule has 0 atom stereocenters. The average Bonchev–Trinajstić information content (AvgIpc) is 3.15. The number of H-pyrrole nitrogens is 2. The van der Waals surface area contributed by atoms with E-state index in [4.69, 9.17) is 0 Å². The van der Waals surface area contributed by atoms with Gasteiger partial charge in [0, 0.05) is 40.1 Å². The van der Waals surface area contributed by atoms with Crippen LogP contribution >= 0.6 is 0 Å². The molecule has 2 heterocycles. The third-order valence-electron chi connectivity index (χ3n) is 4.72. The number of fused-ring (bicyclic) bond motifs is 2. The van der Waals surface area contributed by atoms with Crippen LogP contribution in [-0.4, -0.2) is 9.97 Å². The number of para-hydroxylation sites is 2. The number of aryl methyl sites for hydroxylation is 1. The van der Waals surface area contributed by atoms with Crippen LogP contribution in [0.3, 0.4) is 0 Å². The Labute approximate surface area is 136 Å². The molecule has 0 spiro atoms. The second kappa shape index (κ2) is 5.96. The molecule has 2 N–H and O–H groups in total. The first-order valence-corrected chi connectivity index (χ1v) is 8.50. The molecule has 0 amide bonds. The van der Waals surface area contributed by atoms with E-state index in [1.165, 1.54) is 51.5 Å². The van der Waals surface area contributed by atoms with Crippen molar-refractivity contribution in [2.45, 2.75) is 32.6 Å². The fraction of sp³-hybridized carbons (Fsp3) is 0.238. The van der Waals surface area contributed by atoms with E-state index in [1.807, 2.05) is 0 Å². The van der Waals surface area contributed by atoms with Gasteiger partial charge in [-0.15, -0.1) is 0 Å². The van der Waals surface area contributed by atoms with Gasteiger partial charge in [0.1, 0.15) is 0 Å². The van der Waals surface area contributed by atoms with Crippen LogP contribution in [0.1, 0.15) is 36.6 Å². The fourth-order valence-corrected chi connectivity index (χ4v) is 3.51. The van der Waals surface area contributed by atoms with Gasteiger partial charge < -0.3 is 9.97 Å². The molecule has 23 heavy (non-hydrogen) atoms. The Morgan fingerprint density at radius 2 is 1.61 bits per heavy atom. The molecule has 0 saturated carbocycles. The molecule has 0 aliphatic carbocycles. The largest absolute Gasteiger partial charge is 0.361 e. The second-order valence-electron chi connectivity index (χ2n) is 6.27. The van der Waals surface area contributed by atoms with Crippen LogP contribution < -0.4 is 0 Å². The van der Waals surface area contributed by atoms with Gasteiger partial charge in [-0.25, -0.2) is 0 Å². The number of hydrogen-bond acceptors (Lipinski definition) is 0. The summed E-state index contributed by atoms with van der Waals surface area (Å²) in [6.45, 7) is 2.26. The summed E-state index contributed by atoms with van der Waals surface area (Å²) in [5.41, 5.74) is 6.70. The number of rotatable bonds is 5. The van der Waals surface area contributed by atoms with E-state index in [-0.39, 0.29) is 0 Å². The SMILES string of the molecule is CCCCc1c(Cc2c[nH]c3ccccc23)[nH]c2ccccc12. The van der Waals surface area contributed by atoms with Crippen LogP contribution in [0, 0.1) is 0 Å². The standard InChI is InChI=1S/C21H22N2/c1-2-3-8-18-17-10-5-7-12-20(17)23-21(18)13-15-14-22-19-11-6-4-9-16(15)19/h4-7,9-12,14,22-23H,2-3,8,13H2,1H3. The number of benzene rings is 2. The minimum Gasteiger partial charge on any atom is -0.361 e. The Kier molecular flexibility index (Phi) is 3.66. The summed E-state index contributed by atoms with van der Waals surface area (Å²) in [4.78, 5) is 7.05. The number of aromatic amines is 2. The maximum absolute atomic E-state index is 3.66. The second-order valence-corrected chi connectivity index (χ2v) is 6.27. The Morgan fingerprint density at radius 3 is 2.43 bits per heavy atom. The van der Waals surface area contributed by atoms with Gasteiger partial charge in [0.05, 0.1) is 0 Å². The van der Waals surface area contributed by atoms with Crippen molar-refractivity contribution in [1.82, 2.24) is 9.97 Å². The molecule has 4 rings (SSSR count). The monoisotopic (exact) mass is 302 g/mol. The van der Waals surface area contributed by atoms with E-state index in [9.17, 15) is 0 Å². The molecular weight excluding hydrogens is 280 g/mol. The molecule has 0 aliphatic rings. The zero-order valence-corrected chi connectivity index (χ0v) is 13.5. The first-order valence-electron chi connectivity index (χ1n) is 8.50. The Bertz CT molecular complexity index is 943. The predicted octanol–water partition coefficient (Wildman–Crippen LogP) is 5.58. The average molecular weight is 302 g/mol. The molecule has 116 valence electrons. The van der Waals surface area contributed by atoms with Gasteiger partial charge in [0.2, 0.25) is 0 Å². The van der Waals surface area contributed by atoms with E-state index in [0.717, 1.165) is 12.8 Å². The van der Waals surface area contributed by atoms with Crippen molar-refractivity contribution >= 4 is 21.8 Å². The molecule has 2 aromatic carbocycles. The van der Waals surface area contributed by atoms with Crippen LogP contribution in [0.25, 0.3) is 21.8 Å². The van der Waals surface area contributed by atoms with E-state index >= 15 is 0 Å². The number of aromatic nitrogens is 2. The molecule has 0 bridgehead atoms. The lowest BCUT2D eigenvalue weighted by atomic mass is 10.0. The lowest BCUT2D eigenvalue weighted by Crippen LogP contribution is -1.94. The van der Waals surface area contributed by atoms with Crippen molar-refractivity contribution in [3.8, 4) is 0 Å². The summed E-state index contributed by atoms with van der Waals surface area (Å²) in [6, 6.07) is 17.2. The molecule has 0 fully saturated rings. The first kappa shape index (κ1) is 14.1. The Morgan fingerprint density at radius 1 is 0.870 bits per heavy atom. The lowest BCUT2D eigenvalue weighted by Gasteiger charge is -2.04. The van der Waals surface area contributed by atoms with Gasteiger partial charge in [0.25, 0.3) is 0 Å². The highest BCUT2D eigenvalue weighted by Crippen LogP contribution is 2.28. The summed E-state index contributed by atoms with van der Waals surface area (Å²) < 4.78 is 0. The third kappa shape index (κ3) is 2.55. The highest BCUT2D eigenvalue weighted by atomic mass is 14.7. The molecular formula is C21H22N2. The van der Waals surface area contributed by atoms with Gasteiger partial charge in [-0.1, -0.05) is 49.7 Å². The molecule has 0 unspecified atom stereocenters. The number of hydrogen-bond donors (Lipinski definition) is 2. The first-order chi connectivity index (χ1) is 11.4. The predicted molar refractivity (Wildman–Crippen MR) is 98.0 cm³/mol. The van der Waals surface area contributed by atoms with Crippen molar-refractivity contribution < 1.29 is 0 Å². The van der Waals surface area contributed by atoms with Crippen LogP contribution in [0.4, 0.5) is 0 Å². The smallest absolute Gasteiger partial charge is 0.0459 e. The summed E-state index contributed by atoms with van der Waals surface area (Å²) in [7, 11) is 0. The van der Waals surface area contributed by atoms with Gasteiger partial charge in [-0.05, 0) is 36.1 Å². The zero-order chi connectivity index (χ0) is 15.6. The summed E-state index contributed by atoms with van der Waals surface area (Å²) >= 11 is 0. The minimum atomic E-state index is 0.956. The van der Waals surface area contributed by atoms with Crippen molar-refractivity contribution in [2.24, 2.45) is 0 Å². The van der Waals surface area contributed by atoms with E-state index in [0.29, 0.717) is 0 Å². The lowest BCUT2D eigenvalue weighted by molar-refractivity contribution is 0.791. The number of nitrogens with one attached hydrogen (secondary N) is 2. The summed E-state index contributed by atoms with van der Waals surface area (Å²) in [5, 5.41) is 2.71. The quantitative estimate of drug-likeness (QED) is 0.482. The van der Waals surface area contributed by atoms with Crippen LogP contribution in [-0.2, 0) is 12.8 Å². The fourth-order valence-electron chi connectivity index (χ4n) is 3.51. The highest BCUT2D eigenvalue weighted by molar-refractivity contribution is 5.86. The third-order valence-corrected chi connectivity index (χ3v) is 4.72. The van der Waals surface area contributed by atoms with Gasteiger partial charge in [-0.3, -0.25) is 0 Å². The topological polar surface area (TPSA) is 31.6 Å². The molecule has 4 aromatic rings. The van der Waals surface area contributed by atoms with Crippen molar-refractivity contribution in [3.05, 3.63) is 71.5 Å². The Balaban J connectivity index is 1.78. The molecule has 0 saturated heterocycles. The van der Waals surface area contributed by atoms with E-state index in [2.05, 4.69) is 71.6 Å². The number of unbranched alkanes of at least 4 members (excludes halogenated alkanes) is 1. The maximum Gasteiger partial charge on any atom is 0.0459 e. The van der Waals surface area contributed by atoms with Gasteiger partial charge in [-0.2, -0.15) is 0 Å². The van der Waals surface area contributed by atoms with E-state index in [1.54, 1.807) is 0 Å². The summed E-state index contributed by atoms with van der Waals surface area (Å²) in [5.74, 6) is 0. The van der Waals surface area contributed by atoms with Gasteiger partial charge in [0.15, 0.2) is 0 Å². The highest BCUT2D eigenvalue weighted by Gasteiger charge is 2.13. The van der Waals surface area contributed by atoms with Crippen molar-refractivity contribution in [2.75, 3.05) is 0 Å². The molecule has 0 radical (unpaired) electrons. The molecule has 2 heteroatoms. The van der Waals surface area contributed by atoms with E-state index < -0.39 is 0 Å². The van der Waals surface area contributed by atoms with Crippen molar-refractivity contribution in [3.63, 3.8) is 0 Å². The zero-order valence-electron chi connectivity index (χ0n) is 13.5. The molecule has 2 nitrogen and oxygen atoms in total. The Hall–Kier alpha value is -2.48.